The van der Waals surface area contributed by atoms with E-state index in [0.717, 1.165) is 0 Å². The van der Waals surface area contributed by atoms with Gasteiger partial charge in [-0.05, 0) is 12.1 Å². The lowest BCUT2D eigenvalue weighted by Crippen LogP contribution is -2.10. The van der Waals surface area contributed by atoms with Crippen LogP contribution >= 0.6 is 35.3 Å². The molecule has 1 aromatic carbocycles. The molecule has 1 aliphatic heterocycles. The standard InChI is InChI=1S/C11H14S3/c1-11(2,3)14-10-12-8-6-4-5-7-9(8)13-10/h4-7,10H,1-3H3. The van der Waals surface area contributed by atoms with Crippen LogP contribution in [0, 0.1) is 0 Å². The van der Waals surface area contributed by atoms with Gasteiger partial charge in [-0.1, -0.05) is 56.4 Å². The van der Waals surface area contributed by atoms with Crippen molar-refractivity contribution in [1.29, 1.82) is 0 Å². The maximum absolute atomic E-state index is 2.28. The molecule has 0 N–H and O–H groups in total. The normalized spacial score (nSPS) is 17.1. The van der Waals surface area contributed by atoms with E-state index in [2.05, 4.69) is 45.0 Å². The van der Waals surface area contributed by atoms with Crippen LogP contribution in [0.2, 0.25) is 0 Å². The first-order chi connectivity index (χ1) is 6.54. The fourth-order valence-corrected chi connectivity index (χ4v) is 6.73. The number of hydrogen-bond acceptors (Lipinski definition) is 3. The van der Waals surface area contributed by atoms with Gasteiger partial charge in [-0.25, -0.2) is 0 Å². The largest absolute Gasteiger partial charge is 0.130 e. The molecule has 2 rings (SSSR count). The highest BCUT2D eigenvalue weighted by Gasteiger charge is 2.27. The van der Waals surface area contributed by atoms with Crippen molar-refractivity contribution in [1.82, 2.24) is 0 Å². The Morgan fingerprint density at radius 1 is 1.07 bits per heavy atom. The van der Waals surface area contributed by atoms with Crippen LogP contribution in [0.1, 0.15) is 20.8 Å². The van der Waals surface area contributed by atoms with Gasteiger partial charge < -0.3 is 0 Å². The molecule has 0 saturated heterocycles. The molecule has 0 atom stereocenters. The number of hydrogen-bond donors (Lipinski definition) is 0. The van der Waals surface area contributed by atoms with E-state index in [-0.39, 0.29) is 0 Å². The van der Waals surface area contributed by atoms with Crippen molar-refractivity contribution < 1.29 is 0 Å². The van der Waals surface area contributed by atoms with E-state index in [1.807, 2.05) is 35.3 Å². The summed E-state index contributed by atoms with van der Waals surface area (Å²) in [5.41, 5.74) is 0. The van der Waals surface area contributed by atoms with E-state index in [1.165, 1.54) is 9.79 Å². The van der Waals surface area contributed by atoms with Gasteiger partial charge in [0.25, 0.3) is 0 Å². The van der Waals surface area contributed by atoms with Crippen molar-refractivity contribution in [2.24, 2.45) is 0 Å². The molecule has 3 heteroatoms. The molecule has 1 aromatic rings. The third-order valence-corrected chi connectivity index (χ3v) is 6.11. The average Bonchev–Trinajstić information content (AvgIpc) is 2.42. The molecule has 0 fully saturated rings. The van der Waals surface area contributed by atoms with Gasteiger partial charge in [-0.3, -0.25) is 0 Å². The van der Waals surface area contributed by atoms with Crippen LogP contribution in [0.5, 0.6) is 0 Å². The molecular weight excluding hydrogens is 228 g/mol. The van der Waals surface area contributed by atoms with E-state index in [0.29, 0.717) is 8.66 Å². The molecule has 0 aliphatic carbocycles. The highest BCUT2D eigenvalue weighted by molar-refractivity contribution is 8.34. The average molecular weight is 242 g/mol. The molecule has 0 amide bonds. The van der Waals surface area contributed by atoms with Crippen LogP contribution in [0.4, 0.5) is 0 Å². The maximum Gasteiger partial charge on any atom is 0.105 e. The first kappa shape index (κ1) is 10.8. The number of benzene rings is 1. The molecule has 0 radical (unpaired) electrons. The lowest BCUT2D eigenvalue weighted by atomic mass is 10.3. The van der Waals surface area contributed by atoms with Gasteiger partial charge in [-0.2, -0.15) is 0 Å². The van der Waals surface area contributed by atoms with E-state index in [4.69, 9.17) is 0 Å². The summed E-state index contributed by atoms with van der Waals surface area (Å²) in [6, 6.07) is 8.68. The highest BCUT2D eigenvalue weighted by Crippen LogP contribution is 2.54. The predicted octanol–water partition coefficient (Wildman–Crippen LogP) is 4.70. The first-order valence-corrected chi connectivity index (χ1v) is 7.29. The minimum Gasteiger partial charge on any atom is -0.130 e. The van der Waals surface area contributed by atoms with Gasteiger partial charge in [0.15, 0.2) is 0 Å². The van der Waals surface area contributed by atoms with Crippen LogP contribution in [-0.4, -0.2) is 8.66 Å². The highest BCUT2D eigenvalue weighted by atomic mass is 32.3. The summed E-state index contributed by atoms with van der Waals surface area (Å²) in [7, 11) is 0. The third kappa shape index (κ3) is 2.65. The van der Waals surface area contributed by atoms with Crippen LogP contribution in [-0.2, 0) is 0 Å². The number of rotatable bonds is 1. The SMILES string of the molecule is CC(C)(C)SC1Sc2ccccc2S1. The zero-order valence-corrected chi connectivity index (χ0v) is 11.1. The van der Waals surface area contributed by atoms with E-state index < -0.39 is 0 Å². The second-order valence-electron chi connectivity index (χ2n) is 4.20. The summed E-state index contributed by atoms with van der Waals surface area (Å²) in [5, 5.41) is 0. The smallest absolute Gasteiger partial charge is 0.105 e. The lowest BCUT2D eigenvalue weighted by Gasteiger charge is -2.20. The zero-order chi connectivity index (χ0) is 10.2. The first-order valence-electron chi connectivity index (χ1n) is 4.65. The zero-order valence-electron chi connectivity index (χ0n) is 8.61. The van der Waals surface area contributed by atoms with Crippen molar-refractivity contribution in [3.05, 3.63) is 24.3 Å². The van der Waals surface area contributed by atoms with Crippen LogP contribution in [0.25, 0.3) is 0 Å². The predicted molar refractivity (Wildman–Crippen MR) is 69.3 cm³/mol. The van der Waals surface area contributed by atoms with Gasteiger partial charge in [0.2, 0.25) is 0 Å². The Balaban J connectivity index is 2.05. The second kappa shape index (κ2) is 4.03. The van der Waals surface area contributed by atoms with Gasteiger partial charge in [0.1, 0.15) is 3.91 Å². The maximum atomic E-state index is 2.28. The van der Waals surface area contributed by atoms with Crippen LogP contribution in [0.3, 0.4) is 0 Å². The number of thioether (sulfide) groups is 3. The summed E-state index contributed by atoms with van der Waals surface area (Å²) < 4.78 is 0.986. The van der Waals surface area contributed by atoms with Crippen molar-refractivity contribution >= 4 is 35.3 Å². The molecule has 0 unspecified atom stereocenters. The molecule has 14 heavy (non-hydrogen) atoms. The quantitative estimate of drug-likeness (QED) is 0.700. The molecule has 0 saturated carbocycles. The van der Waals surface area contributed by atoms with Gasteiger partial charge in [0, 0.05) is 14.5 Å². The van der Waals surface area contributed by atoms with Gasteiger partial charge in [0.05, 0.1) is 0 Å². The molecule has 0 aromatic heterocycles. The lowest BCUT2D eigenvalue weighted by molar-refractivity contribution is 0.805. The summed E-state index contributed by atoms with van der Waals surface area (Å²) in [6.07, 6.45) is 0. The van der Waals surface area contributed by atoms with Crippen LogP contribution < -0.4 is 0 Å². The van der Waals surface area contributed by atoms with Crippen molar-refractivity contribution in [3.63, 3.8) is 0 Å². The van der Waals surface area contributed by atoms with E-state index >= 15 is 0 Å². The Kier molecular flexibility index (Phi) is 3.10. The Bertz CT molecular complexity index is 303. The minimum absolute atomic E-state index is 0.354. The van der Waals surface area contributed by atoms with Crippen LogP contribution in [0.15, 0.2) is 34.1 Å². The molecule has 1 aliphatic rings. The summed E-state index contributed by atoms with van der Waals surface area (Å²) >= 11 is 6.02. The summed E-state index contributed by atoms with van der Waals surface area (Å²) in [4.78, 5) is 2.89. The third-order valence-electron chi connectivity index (χ3n) is 1.75. The monoisotopic (exact) mass is 242 g/mol. The molecule has 0 nitrogen and oxygen atoms in total. The van der Waals surface area contributed by atoms with Crippen molar-refractivity contribution in [3.8, 4) is 0 Å². The van der Waals surface area contributed by atoms with Gasteiger partial charge in [-0.15, -0.1) is 11.8 Å². The molecule has 0 bridgehead atoms. The fourth-order valence-electron chi connectivity index (χ4n) is 1.21. The summed E-state index contributed by atoms with van der Waals surface area (Å²) in [5.74, 6) is 0. The fraction of sp³-hybridized carbons (Fsp3) is 0.455. The molecule has 0 spiro atoms. The Hall–Kier alpha value is 0.270. The second-order valence-corrected chi connectivity index (χ2v) is 9.32. The van der Waals surface area contributed by atoms with Crippen molar-refractivity contribution in [2.45, 2.75) is 39.2 Å². The number of fused-ring (bicyclic) bond motifs is 1. The molecular formula is C11H14S3. The minimum atomic E-state index is 0.354. The summed E-state index contributed by atoms with van der Waals surface area (Å²) in [6.45, 7) is 6.84. The van der Waals surface area contributed by atoms with E-state index in [1.54, 1.807) is 0 Å². The van der Waals surface area contributed by atoms with Crippen molar-refractivity contribution in [2.75, 3.05) is 0 Å². The molecule has 1 heterocycles. The van der Waals surface area contributed by atoms with Gasteiger partial charge >= 0.3 is 0 Å². The Morgan fingerprint density at radius 2 is 1.57 bits per heavy atom. The Labute approximate surface area is 98.6 Å². The molecule has 76 valence electrons. The topological polar surface area (TPSA) is 0 Å². The van der Waals surface area contributed by atoms with E-state index in [9.17, 15) is 0 Å². The Morgan fingerprint density at radius 3 is 2.00 bits per heavy atom.